The maximum Gasteiger partial charge on any atom is 0.403 e. The molecule has 0 amide bonds. The lowest BCUT2D eigenvalue weighted by Crippen LogP contribution is -2.47. The Morgan fingerprint density at radius 1 is 1.60 bits per heavy atom. The van der Waals surface area contributed by atoms with Gasteiger partial charge in [0.2, 0.25) is 5.72 Å². The summed E-state index contributed by atoms with van der Waals surface area (Å²) in [4.78, 5) is 38.9. The minimum atomic E-state index is -4.82. The van der Waals surface area contributed by atoms with E-state index >= 15 is 0 Å². The Morgan fingerprint density at radius 3 is 2.77 bits per heavy atom. The third-order valence-electron chi connectivity index (χ3n) is 4.14. The number of ether oxygens (including phenoxy) is 1. The highest BCUT2D eigenvalue weighted by Gasteiger charge is 2.56. The summed E-state index contributed by atoms with van der Waals surface area (Å²) in [5.41, 5.74) is 8.95. The standard InChI is InChI=1S/C13H20N7O9P/c1-12(2,10(23)24)18-30(26,27)28-5-13(17-19-15)8(22)7(21)9(29-13)20-4-3-6(14)16-11(20)25/h3-4,7-9,21-22H,5H2,1-2H3,(H,23,24)(H2,14,16,25)(H2,18,26,27)/t7-,8+,9-,13-/m1/s1. The Hall–Kier alpha value is -2.55. The van der Waals surface area contributed by atoms with Crippen LogP contribution in [-0.4, -0.2) is 65.8 Å². The summed E-state index contributed by atoms with van der Waals surface area (Å²) in [6, 6.07) is 1.20. The fourth-order valence-corrected chi connectivity index (χ4v) is 3.76. The van der Waals surface area contributed by atoms with Gasteiger partial charge in [-0.1, -0.05) is 5.11 Å². The Morgan fingerprint density at radius 2 is 2.23 bits per heavy atom. The number of carboxylic acids is 1. The third kappa shape index (κ3) is 4.77. The number of nitrogen functional groups attached to an aromatic ring is 1. The molecule has 0 radical (unpaired) electrons. The fourth-order valence-electron chi connectivity index (χ4n) is 2.53. The predicted octanol–water partition coefficient (Wildman–Crippen LogP) is -1.35. The normalized spacial score (nSPS) is 28.5. The lowest BCUT2D eigenvalue weighted by atomic mass is 10.1. The summed E-state index contributed by atoms with van der Waals surface area (Å²) in [6.07, 6.45) is -4.36. The molecule has 1 aliphatic heterocycles. The van der Waals surface area contributed by atoms with Crippen molar-refractivity contribution >= 4 is 19.5 Å². The van der Waals surface area contributed by atoms with Gasteiger partial charge in [-0.25, -0.2) is 14.4 Å². The molecule has 0 spiro atoms. The largest absolute Gasteiger partial charge is 0.480 e. The SMILES string of the molecule is CC(C)(NP(=O)(O)OC[C@@]1(N=[N+]=[N-])O[C@@H](n2ccc(N)nc2=O)[C@H](O)[C@@H]1O)C(=O)O. The number of nitrogens with zero attached hydrogens (tertiary/aromatic N) is 5. The van der Waals surface area contributed by atoms with E-state index in [1.807, 2.05) is 5.09 Å². The van der Waals surface area contributed by atoms with Crippen molar-refractivity contribution in [2.24, 2.45) is 5.11 Å². The van der Waals surface area contributed by atoms with Crippen LogP contribution in [0.1, 0.15) is 20.1 Å². The van der Waals surface area contributed by atoms with E-state index in [1.54, 1.807) is 0 Å². The van der Waals surface area contributed by atoms with Crippen LogP contribution in [-0.2, 0) is 18.6 Å². The van der Waals surface area contributed by atoms with Crippen LogP contribution in [0.2, 0.25) is 0 Å². The van der Waals surface area contributed by atoms with E-state index in [1.165, 1.54) is 6.07 Å². The van der Waals surface area contributed by atoms with E-state index in [0.29, 0.717) is 0 Å². The van der Waals surface area contributed by atoms with Gasteiger partial charge in [-0.05, 0) is 25.4 Å². The van der Waals surface area contributed by atoms with Crippen molar-refractivity contribution in [2.45, 2.75) is 43.5 Å². The van der Waals surface area contributed by atoms with Crippen molar-refractivity contribution < 1.29 is 38.8 Å². The zero-order valence-electron chi connectivity index (χ0n) is 15.7. The van der Waals surface area contributed by atoms with Crippen LogP contribution in [0.15, 0.2) is 22.2 Å². The first kappa shape index (κ1) is 23.7. The number of nitrogens with one attached hydrogen (secondary N) is 1. The van der Waals surface area contributed by atoms with Gasteiger partial charge in [0.15, 0.2) is 6.23 Å². The summed E-state index contributed by atoms with van der Waals surface area (Å²) < 4.78 is 23.1. The predicted molar refractivity (Wildman–Crippen MR) is 97.5 cm³/mol. The molecule has 0 bridgehead atoms. The highest BCUT2D eigenvalue weighted by atomic mass is 31.2. The first-order valence-electron chi connectivity index (χ1n) is 8.20. The Balaban J connectivity index is 2.31. The second kappa shape index (κ2) is 8.29. The van der Waals surface area contributed by atoms with Crippen molar-refractivity contribution in [1.82, 2.24) is 14.6 Å². The van der Waals surface area contributed by atoms with Crippen LogP contribution in [0, 0.1) is 0 Å². The Labute approximate surface area is 168 Å². The molecule has 16 nitrogen and oxygen atoms in total. The molecule has 2 rings (SSSR count). The molecule has 7 N–H and O–H groups in total. The number of aromatic nitrogens is 2. The zero-order valence-corrected chi connectivity index (χ0v) is 16.6. The number of hydrogen-bond acceptors (Lipinski definition) is 10. The molecule has 0 saturated carbocycles. The van der Waals surface area contributed by atoms with Crippen LogP contribution in [0.3, 0.4) is 0 Å². The number of nitrogens with two attached hydrogens (primary N) is 1. The van der Waals surface area contributed by atoms with Crippen LogP contribution in [0.5, 0.6) is 0 Å². The average molecular weight is 449 g/mol. The number of aliphatic hydroxyl groups excluding tert-OH is 2. The van der Waals surface area contributed by atoms with Gasteiger partial charge in [0, 0.05) is 11.1 Å². The fraction of sp³-hybridized carbons (Fsp3) is 0.615. The molecule has 1 aromatic heterocycles. The molecule has 1 aliphatic rings. The Kier molecular flexibility index (Phi) is 6.56. The van der Waals surface area contributed by atoms with Crippen molar-refractivity contribution in [3.05, 3.63) is 33.2 Å². The summed E-state index contributed by atoms with van der Waals surface area (Å²) in [7, 11) is -4.82. The lowest BCUT2D eigenvalue weighted by molar-refractivity contribution is -0.143. The van der Waals surface area contributed by atoms with Gasteiger partial charge < -0.3 is 30.7 Å². The van der Waals surface area contributed by atoms with Gasteiger partial charge in [-0.3, -0.25) is 13.9 Å². The molecule has 0 aliphatic carbocycles. The van der Waals surface area contributed by atoms with Gasteiger partial charge in [-0.2, -0.15) is 4.98 Å². The van der Waals surface area contributed by atoms with Gasteiger partial charge in [0.1, 0.15) is 23.6 Å². The molecule has 166 valence electrons. The quantitative estimate of drug-likeness (QED) is 0.117. The maximum absolute atomic E-state index is 12.2. The van der Waals surface area contributed by atoms with Gasteiger partial charge >= 0.3 is 19.4 Å². The second-order valence-electron chi connectivity index (χ2n) is 6.86. The van der Waals surface area contributed by atoms with Crippen LogP contribution in [0.4, 0.5) is 5.82 Å². The molecular weight excluding hydrogens is 429 g/mol. The second-order valence-corrected chi connectivity index (χ2v) is 8.38. The number of azide groups is 1. The summed E-state index contributed by atoms with van der Waals surface area (Å²) in [5.74, 6) is -1.59. The maximum atomic E-state index is 12.2. The first-order valence-corrected chi connectivity index (χ1v) is 9.77. The summed E-state index contributed by atoms with van der Waals surface area (Å²) >= 11 is 0. The van der Waals surface area contributed by atoms with Crippen molar-refractivity contribution in [1.29, 1.82) is 0 Å². The molecule has 1 aromatic rings. The van der Waals surface area contributed by atoms with Crippen LogP contribution in [0.25, 0.3) is 10.4 Å². The van der Waals surface area contributed by atoms with Crippen molar-refractivity contribution in [3.8, 4) is 0 Å². The minimum absolute atomic E-state index is 0.123. The number of carboxylic acid groups (broad SMARTS) is 1. The molecule has 1 fully saturated rings. The number of hydrogen-bond donors (Lipinski definition) is 6. The third-order valence-corrected chi connectivity index (χ3v) is 5.46. The molecule has 5 atom stereocenters. The number of rotatable bonds is 8. The number of aliphatic carboxylic acids is 1. The average Bonchev–Trinajstić information content (AvgIpc) is 2.85. The van der Waals surface area contributed by atoms with Gasteiger partial charge in [0.05, 0.1) is 6.61 Å². The minimum Gasteiger partial charge on any atom is -0.480 e. The summed E-state index contributed by atoms with van der Waals surface area (Å²) in [5, 5.41) is 34.8. The number of aliphatic hydroxyl groups is 2. The van der Waals surface area contributed by atoms with Crippen LogP contribution >= 0.6 is 7.75 Å². The summed E-state index contributed by atoms with van der Waals surface area (Å²) in [6.45, 7) is 1.09. The Bertz CT molecular complexity index is 978. The molecule has 1 unspecified atom stereocenters. The van der Waals surface area contributed by atoms with Gasteiger partial charge in [-0.15, -0.1) is 0 Å². The molecule has 0 aromatic carbocycles. The molecule has 2 heterocycles. The van der Waals surface area contributed by atoms with E-state index in [-0.39, 0.29) is 5.82 Å². The van der Waals surface area contributed by atoms with E-state index in [9.17, 15) is 29.3 Å². The first-order chi connectivity index (χ1) is 13.7. The lowest BCUT2D eigenvalue weighted by Gasteiger charge is -2.29. The highest BCUT2D eigenvalue weighted by molar-refractivity contribution is 7.50. The number of anilines is 1. The van der Waals surface area contributed by atoms with E-state index in [4.69, 9.17) is 25.6 Å². The van der Waals surface area contributed by atoms with E-state index in [0.717, 1.165) is 24.6 Å². The number of carbonyl (C=O) groups is 1. The smallest absolute Gasteiger partial charge is 0.403 e. The van der Waals surface area contributed by atoms with E-state index < -0.39 is 55.7 Å². The molecule has 30 heavy (non-hydrogen) atoms. The zero-order chi connectivity index (χ0) is 22.9. The molecular formula is C13H20N7O9P. The van der Waals surface area contributed by atoms with Crippen molar-refractivity contribution in [2.75, 3.05) is 12.3 Å². The molecule has 17 heteroatoms. The van der Waals surface area contributed by atoms with Crippen molar-refractivity contribution in [3.63, 3.8) is 0 Å². The topological polar surface area (TPSA) is 255 Å². The van der Waals surface area contributed by atoms with Gasteiger partial charge in [0.25, 0.3) is 0 Å². The van der Waals surface area contributed by atoms with E-state index in [2.05, 4.69) is 15.0 Å². The highest BCUT2D eigenvalue weighted by Crippen LogP contribution is 2.45. The van der Waals surface area contributed by atoms with Crippen LogP contribution < -0.4 is 16.5 Å². The molecule has 1 saturated heterocycles. The monoisotopic (exact) mass is 449 g/mol.